The Labute approximate surface area is 93.2 Å². The summed E-state index contributed by atoms with van der Waals surface area (Å²) in [5.41, 5.74) is 2.40. The lowest BCUT2D eigenvalue weighted by Crippen LogP contribution is -2.10. The second-order valence-electron chi connectivity index (χ2n) is 3.74. The van der Waals surface area contributed by atoms with Gasteiger partial charge in [0.25, 0.3) is 5.56 Å². The van der Waals surface area contributed by atoms with Gasteiger partial charge in [-0.25, -0.2) is 4.98 Å². The summed E-state index contributed by atoms with van der Waals surface area (Å²) in [6, 6.07) is 1.52. The van der Waals surface area contributed by atoms with Crippen LogP contribution in [0.25, 0.3) is 11.4 Å². The van der Waals surface area contributed by atoms with E-state index in [2.05, 4.69) is 15.1 Å². The molecule has 0 aliphatic carbocycles. The molecule has 0 bridgehead atoms. The van der Waals surface area contributed by atoms with E-state index in [1.165, 1.54) is 6.07 Å². The third-order valence-electron chi connectivity index (χ3n) is 2.43. The first-order valence-electron chi connectivity index (χ1n) is 5.21. The number of nitrogens with zero attached hydrogens (tertiary/aromatic N) is 3. The lowest BCUT2D eigenvalue weighted by Gasteiger charge is -2.00. The molecule has 0 aliphatic heterocycles. The van der Waals surface area contributed by atoms with Crippen molar-refractivity contribution in [1.82, 2.24) is 19.7 Å². The Morgan fingerprint density at radius 3 is 2.81 bits per heavy atom. The van der Waals surface area contributed by atoms with Crippen LogP contribution in [-0.2, 0) is 13.5 Å². The van der Waals surface area contributed by atoms with Crippen LogP contribution in [0.5, 0.6) is 0 Å². The molecule has 2 rings (SSSR count). The normalized spacial score (nSPS) is 10.7. The van der Waals surface area contributed by atoms with E-state index in [-0.39, 0.29) is 5.56 Å². The number of aromatic amines is 1. The van der Waals surface area contributed by atoms with Gasteiger partial charge in [0, 0.05) is 25.0 Å². The molecule has 5 nitrogen and oxygen atoms in total. The zero-order valence-corrected chi connectivity index (χ0v) is 9.61. The summed E-state index contributed by atoms with van der Waals surface area (Å²) in [5.74, 6) is 0.593. The Bertz CT molecular complexity index is 568. The van der Waals surface area contributed by atoms with Gasteiger partial charge in [0.15, 0.2) is 0 Å². The van der Waals surface area contributed by atoms with Crippen LogP contribution in [0.15, 0.2) is 17.1 Å². The summed E-state index contributed by atoms with van der Waals surface area (Å²) in [6.07, 6.45) is 2.60. The molecule has 0 aliphatic rings. The van der Waals surface area contributed by atoms with Gasteiger partial charge >= 0.3 is 0 Å². The number of hydrogen-bond acceptors (Lipinski definition) is 3. The average molecular weight is 218 g/mol. The van der Waals surface area contributed by atoms with Crippen molar-refractivity contribution in [3.8, 4) is 11.4 Å². The zero-order chi connectivity index (χ0) is 11.7. The molecule has 2 aromatic rings. The van der Waals surface area contributed by atoms with Crippen LogP contribution in [0, 0.1) is 6.92 Å². The molecule has 0 amide bonds. The molecule has 2 aromatic heterocycles. The Morgan fingerprint density at radius 1 is 1.50 bits per heavy atom. The lowest BCUT2D eigenvalue weighted by atomic mass is 10.2. The van der Waals surface area contributed by atoms with E-state index in [0.29, 0.717) is 5.82 Å². The van der Waals surface area contributed by atoms with Crippen molar-refractivity contribution in [2.45, 2.75) is 20.3 Å². The molecule has 0 unspecified atom stereocenters. The summed E-state index contributed by atoms with van der Waals surface area (Å²) in [5, 5.41) is 4.23. The summed E-state index contributed by atoms with van der Waals surface area (Å²) in [7, 11) is 1.85. The van der Waals surface area contributed by atoms with Crippen molar-refractivity contribution in [2.24, 2.45) is 7.05 Å². The maximum absolute atomic E-state index is 11.4. The molecule has 16 heavy (non-hydrogen) atoms. The molecule has 0 saturated carbocycles. The van der Waals surface area contributed by atoms with E-state index < -0.39 is 0 Å². The highest BCUT2D eigenvalue weighted by Gasteiger charge is 2.09. The van der Waals surface area contributed by atoms with Crippen LogP contribution in [0.1, 0.15) is 18.3 Å². The standard InChI is InChI=1S/C11H14N4O/c1-4-8-5-10(16)13-11(12-8)9-6-15(3)14-7(9)2/h5-6H,4H2,1-3H3,(H,12,13,16). The van der Waals surface area contributed by atoms with Gasteiger partial charge in [-0.3, -0.25) is 9.48 Å². The monoisotopic (exact) mass is 218 g/mol. The van der Waals surface area contributed by atoms with Gasteiger partial charge in [0.2, 0.25) is 0 Å². The zero-order valence-electron chi connectivity index (χ0n) is 9.61. The number of hydrogen-bond donors (Lipinski definition) is 1. The van der Waals surface area contributed by atoms with Gasteiger partial charge in [0.05, 0.1) is 11.3 Å². The molecular formula is C11H14N4O. The quantitative estimate of drug-likeness (QED) is 0.819. The molecule has 0 atom stereocenters. The Balaban J connectivity index is 2.59. The molecule has 0 spiro atoms. The van der Waals surface area contributed by atoms with E-state index in [4.69, 9.17) is 0 Å². The van der Waals surface area contributed by atoms with Gasteiger partial charge in [-0.2, -0.15) is 5.10 Å². The van der Waals surface area contributed by atoms with Crippen LogP contribution < -0.4 is 5.56 Å². The van der Waals surface area contributed by atoms with E-state index in [0.717, 1.165) is 23.4 Å². The predicted octanol–water partition coefficient (Wildman–Crippen LogP) is 1.04. The van der Waals surface area contributed by atoms with Gasteiger partial charge in [-0.15, -0.1) is 0 Å². The van der Waals surface area contributed by atoms with Crippen molar-refractivity contribution >= 4 is 0 Å². The van der Waals surface area contributed by atoms with Crippen molar-refractivity contribution in [2.75, 3.05) is 0 Å². The predicted molar refractivity (Wildman–Crippen MR) is 61.2 cm³/mol. The van der Waals surface area contributed by atoms with Gasteiger partial charge < -0.3 is 4.98 Å². The summed E-state index contributed by atoms with van der Waals surface area (Å²) >= 11 is 0. The fourth-order valence-corrected chi connectivity index (χ4v) is 1.65. The Morgan fingerprint density at radius 2 is 2.25 bits per heavy atom. The minimum atomic E-state index is -0.120. The first-order valence-corrected chi connectivity index (χ1v) is 5.21. The van der Waals surface area contributed by atoms with Crippen molar-refractivity contribution in [1.29, 1.82) is 0 Å². The van der Waals surface area contributed by atoms with Crippen LogP contribution in [0.4, 0.5) is 0 Å². The molecule has 0 fully saturated rings. The van der Waals surface area contributed by atoms with Crippen molar-refractivity contribution in [3.05, 3.63) is 34.0 Å². The van der Waals surface area contributed by atoms with E-state index in [1.807, 2.05) is 27.1 Å². The molecule has 1 N–H and O–H groups in total. The molecule has 0 aromatic carbocycles. The Hall–Kier alpha value is -1.91. The molecule has 84 valence electrons. The second-order valence-corrected chi connectivity index (χ2v) is 3.74. The molecule has 0 saturated heterocycles. The number of aromatic nitrogens is 4. The number of H-pyrrole nitrogens is 1. The number of nitrogens with one attached hydrogen (secondary N) is 1. The van der Waals surface area contributed by atoms with Crippen LogP contribution in [-0.4, -0.2) is 19.7 Å². The first kappa shape index (κ1) is 10.6. The Kier molecular flexibility index (Phi) is 2.60. The minimum absolute atomic E-state index is 0.120. The highest BCUT2D eigenvalue weighted by Crippen LogP contribution is 2.16. The van der Waals surface area contributed by atoms with Crippen LogP contribution in [0.2, 0.25) is 0 Å². The van der Waals surface area contributed by atoms with Gasteiger partial charge in [-0.05, 0) is 13.3 Å². The molecule has 5 heteroatoms. The maximum Gasteiger partial charge on any atom is 0.251 e. The number of aryl methyl sites for hydroxylation is 3. The third-order valence-corrected chi connectivity index (χ3v) is 2.43. The summed E-state index contributed by atoms with van der Waals surface area (Å²) in [4.78, 5) is 18.6. The highest BCUT2D eigenvalue weighted by molar-refractivity contribution is 5.56. The smallest absolute Gasteiger partial charge is 0.251 e. The maximum atomic E-state index is 11.4. The summed E-state index contributed by atoms with van der Waals surface area (Å²) in [6.45, 7) is 3.87. The van der Waals surface area contributed by atoms with Crippen molar-refractivity contribution < 1.29 is 0 Å². The fraction of sp³-hybridized carbons (Fsp3) is 0.364. The second kappa shape index (κ2) is 3.92. The summed E-state index contributed by atoms with van der Waals surface area (Å²) < 4.78 is 1.71. The van der Waals surface area contributed by atoms with Gasteiger partial charge in [-0.1, -0.05) is 6.92 Å². The number of rotatable bonds is 2. The fourth-order valence-electron chi connectivity index (χ4n) is 1.65. The van der Waals surface area contributed by atoms with Crippen molar-refractivity contribution in [3.63, 3.8) is 0 Å². The molecular weight excluding hydrogens is 204 g/mol. The van der Waals surface area contributed by atoms with Gasteiger partial charge in [0.1, 0.15) is 5.82 Å². The lowest BCUT2D eigenvalue weighted by molar-refractivity contribution is 0.756. The minimum Gasteiger partial charge on any atom is -0.306 e. The SMILES string of the molecule is CCc1cc(=O)[nH]c(-c2cn(C)nc2C)n1. The first-order chi connectivity index (χ1) is 7.60. The average Bonchev–Trinajstić information content (AvgIpc) is 2.57. The van der Waals surface area contributed by atoms with Crippen LogP contribution >= 0.6 is 0 Å². The molecule has 2 heterocycles. The highest BCUT2D eigenvalue weighted by atomic mass is 16.1. The topological polar surface area (TPSA) is 63.6 Å². The van der Waals surface area contributed by atoms with E-state index in [1.54, 1.807) is 4.68 Å². The molecule has 0 radical (unpaired) electrons. The van der Waals surface area contributed by atoms with E-state index >= 15 is 0 Å². The van der Waals surface area contributed by atoms with Crippen LogP contribution in [0.3, 0.4) is 0 Å². The third kappa shape index (κ3) is 1.88. The largest absolute Gasteiger partial charge is 0.306 e. The van der Waals surface area contributed by atoms with E-state index in [9.17, 15) is 4.79 Å².